The number of amides is 1. The van der Waals surface area contributed by atoms with Gasteiger partial charge in [0.2, 0.25) is 5.91 Å². The zero-order valence-electron chi connectivity index (χ0n) is 16.2. The van der Waals surface area contributed by atoms with Crippen LogP contribution in [0.15, 0.2) is 55.2 Å². The van der Waals surface area contributed by atoms with E-state index >= 15 is 0 Å². The van der Waals surface area contributed by atoms with E-state index < -0.39 is 0 Å². The van der Waals surface area contributed by atoms with Gasteiger partial charge in [0.25, 0.3) is 0 Å². The fourth-order valence-electron chi connectivity index (χ4n) is 3.69. The van der Waals surface area contributed by atoms with Crippen LogP contribution in [-0.2, 0) is 24.2 Å². The van der Waals surface area contributed by atoms with Crippen molar-refractivity contribution in [3.05, 3.63) is 77.8 Å². The van der Waals surface area contributed by atoms with Gasteiger partial charge in [0.15, 0.2) is 0 Å². The number of aryl methyl sites for hydroxylation is 2. The van der Waals surface area contributed by atoms with Gasteiger partial charge in [-0.1, -0.05) is 13.0 Å². The molecule has 0 spiro atoms. The molecule has 3 heterocycles. The van der Waals surface area contributed by atoms with Gasteiger partial charge in [0, 0.05) is 53.8 Å². The van der Waals surface area contributed by atoms with Crippen LogP contribution in [-0.4, -0.2) is 25.4 Å². The second-order valence-electron chi connectivity index (χ2n) is 7.11. The van der Waals surface area contributed by atoms with Gasteiger partial charge >= 0.3 is 0 Å². The van der Waals surface area contributed by atoms with Gasteiger partial charge in [-0.15, -0.1) is 0 Å². The summed E-state index contributed by atoms with van der Waals surface area (Å²) < 4.78 is 1.93. The zero-order valence-corrected chi connectivity index (χ0v) is 16.2. The number of carbonyl (C=O) groups is 1. The summed E-state index contributed by atoms with van der Waals surface area (Å²) in [6.07, 6.45) is 8.79. The van der Waals surface area contributed by atoms with Crippen LogP contribution < -0.4 is 5.32 Å². The number of benzene rings is 1. The van der Waals surface area contributed by atoms with Gasteiger partial charge in [-0.3, -0.25) is 4.79 Å². The average molecular weight is 375 g/mol. The van der Waals surface area contributed by atoms with Crippen LogP contribution >= 0.6 is 0 Å². The van der Waals surface area contributed by atoms with Gasteiger partial charge in [0.1, 0.15) is 6.04 Å². The number of nitrogens with one attached hydrogen (secondary N) is 3. The number of aromatic nitrogens is 4. The molecule has 0 aliphatic rings. The molecule has 6 nitrogen and oxygen atoms in total. The smallest absolute Gasteiger partial charge is 0.243 e. The molecular weight excluding hydrogens is 350 g/mol. The fourth-order valence-corrected chi connectivity index (χ4v) is 3.69. The first-order chi connectivity index (χ1) is 13.7. The van der Waals surface area contributed by atoms with Gasteiger partial charge in [-0.05, 0) is 48.7 Å². The van der Waals surface area contributed by atoms with E-state index in [1.807, 2.05) is 29.1 Å². The lowest BCUT2D eigenvalue weighted by Gasteiger charge is -2.18. The minimum absolute atomic E-state index is 0.00839. The van der Waals surface area contributed by atoms with Crippen molar-refractivity contribution in [2.24, 2.45) is 0 Å². The van der Waals surface area contributed by atoms with Crippen molar-refractivity contribution in [3.8, 4) is 0 Å². The van der Waals surface area contributed by atoms with E-state index in [1.54, 1.807) is 12.5 Å². The van der Waals surface area contributed by atoms with Crippen LogP contribution in [0.3, 0.4) is 0 Å². The number of aromatic amines is 2. The number of carbonyl (C=O) groups excluding carboxylic acids is 1. The van der Waals surface area contributed by atoms with Crippen LogP contribution in [0.5, 0.6) is 0 Å². The first-order valence-corrected chi connectivity index (χ1v) is 9.63. The number of hydrogen-bond donors (Lipinski definition) is 3. The maximum atomic E-state index is 12.9. The van der Waals surface area contributed by atoms with Crippen molar-refractivity contribution in [2.45, 2.75) is 39.3 Å². The Labute approximate surface area is 164 Å². The molecule has 0 bridgehead atoms. The molecule has 0 saturated heterocycles. The van der Waals surface area contributed by atoms with Gasteiger partial charge in [0.05, 0.1) is 6.33 Å². The first-order valence-electron chi connectivity index (χ1n) is 9.63. The predicted octanol–water partition coefficient (Wildman–Crippen LogP) is 3.66. The Balaban J connectivity index is 1.50. The van der Waals surface area contributed by atoms with Gasteiger partial charge in [-0.25, -0.2) is 4.98 Å². The molecule has 28 heavy (non-hydrogen) atoms. The molecule has 0 fully saturated rings. The number of H-pyrrole nitrogens is 2. The van der Waals surface area contributed by atoms with Crippen LogP contribution in [0.2, 0.25) is 0 Å². The van der Waals surface area contributed by atoms with Crippen molar-refractivity contribution < 1.29 is 4.79 Å². The highest BCUT2D eigenvalue weighted by Crippen LogP contribution is 2.23. The van der Waals surface area contributed by atoms with Crippen LogP contribution in [0.4, 0.5) is 0 Å². The lowest BCUT2D eigenvalue weighted by molar-refractivity contribution is -0.124. The molecule has 1 amide bonds. The third-order valence-corrected chi connectivity index (χ3v) is 5.30. The molecule has 1 atom stereocenters. The second-order valence-corrected chi connectivity index (χ2v) is 7.11. The molecule has 4 rings (SSSR count). The SMILES string of the molecule is CCc1[nH]c2ccc(CNC(=O)[C@H](Cc3cnc[nH]3)n3cccc3)cc2c1C. The predicted molar refractivity (Wildman–Crippen MR) is 110 cm³/mol. The lowest BCUT2D eigenvalue weighted by atomic mass is 10.1. The largest absolute Gasteiger partial charge is 0.358 e. The monoisotopic (exact) mass is 375 g/mol. The van der Waals surface area contributed by atoms with Gasteiger partial charge < -0.3 is 19.9 Å². The molecule has 4 aromatic rings. The third kappa shape index (κ3) is 3.58. The maximum Gasteiger partial charge on any atom is 0.243 e. The molecule has 0 unspecified atom stereocenters. The highest BCUT2D eigenvalue weighted by Gasteiger charge is 2.20. The Bertz CT molecular complexity index is 1060. The molecule has 0 radical (unpaired) electrons. The number of hydrogen-bond acceptors (Lipinski definition) is 2. The number of imidazole rings is 1. The van der Waals surface area contributed by atoms with E-state index in [-0.39, 0.29) is 11.9 Å². The molecule has 0 saturated carbocycles. The van der Waals surface area contributed by atoms with Crippen molar-refractivity contribution in [1.29, 1.82) is 0 Å². The average Bonchev–Trinajstić information content (AvgIpc) is 3.46. The Morgan fingerprint density at radius 2 is 2.11 bits per heavy atom. The summed E-state index contributed by atoms with van der Waals surface area (Å²) in [5.41, 5.74) is 5.73. The van der Waals surface area contributed by atoms with E-state index in [2.05, 4.69) is 52.3 Å². The number of fused-ring (bicyclic) bond motifs is 1. The molecule has 3 aromatic heterocycles. The topological polar surface area (TPSA) is 78.5 Å². The van der Waals surface area contributed by atoms with E-state index in [0.29, 0.717) is 13.0 Å². The van der Waals surface area contributed by atoms with E-state index in [1.165, 1.54) is 16.6 Å². The van der Waals surface area contributed by atoms with E-state index in [9.17, 15) is 4.79 Å². The van der Waals surface area contributed by atoms with Crippen molar-refractivity contribution >= 4 is 16.8 Å². The summed E-state index contributed by atoms with van der Waals surface area (Å²) in [4.78, 5) is 23.6. The molecule has 0 aliphatic carbocycles. The summed E-state index contributed by atoms with van der Waals surface area (Å²) in [5, 5.41) is 4.33. The number of nitrogens with zero attached hydrogens (tertiary/aromatic N) is 2. The molecule has 1 aromatic carbocycles. The zero-order chi connectivity index (χ0) is 19.5. The first kappa shape index (κ1) is 18.1. The normalized spacial score (nSPS) is 12.4. The highest BCUT2D eigenvalue weighted by atomic mass is 16.2. The number of rotatable bonds is 7. The Hall–Kier alpha value is -3.28. The maximum absolute atomic E-state index is 12.9. The quantitative estimate of drug-likeness (QED) is 0.461. The highest BCUT2D eigenvalue weighted by molar-refractivity contribution is 5.85. The molecule has 3 N–H and O–H groups in total. The minimum atomic E-state index is -0.320. The van der Waals surface area contributed by atoms with Crippen LogP contribution in [0.25, 0.3) is 10.9 Å². The second kappa shape index (κ2) is 7.76. The molecule has 0 aliphatic heterocycles. The summed E-state index contributed by atoms with van der Waals surface area (Å²) in [5.74, 6) is -0.00839. The summed E-state index contributed by atoms with van der Waals surface area (Å²) in [6.45, 7) is 4.80. The molecule has 144 valence electrons. The molecular formula is C22H25N5O. The lowest BCUT2D eigenvalue weighted by Crippen LogP contribution is -2.33. The van der Waals surface area contributed by atoms with Crippen molar-refractivity contribution in [1.82, 2.24) is 24.8 Å². The Morgan fingerprint density at radius 1 is 1.29 bits per heavy atom. The van der Waals surface area contributed by atoms with E-state index in [0.717, 1.165) is 23.2 Å². The van der Waals surface area contributed by atoms with Crippen LogP contribution in [0, 0.1) is 6.92 Å². The Kier molecular flexibility index (Phi) is 5.02. The van der Waals surface area contributed by atoms with Gasteiger partial charge in [-0.2, -0.15) is 0 Å². The summed E-state index contributed by atoms with van der Waals surface area (Å²) in [6, 6.07) is 9.87. The third-order valence-electron chi connectivity index (χ3n) is 5.30. The van der Waals surface area contributed by atoms with Crippen molar-refractivity contribution in [2.75, 3.05) is 0 Å². The van der Waals surface area contributed by atoms with Crippen LogP contribution in [0.1, 0.15) is 35.5 Å². The summed E-state index contributed by atoms with van der Waals surface area (Å²) in [7, 11) is 0. The fraction of sp³-hybridized carbons (Fsp3) is 0.273. The minimum Gasteiger partial charge on any atom is -0.358 e. The van der Waals surface area contributed by atoms with E-state index in [4.69, 9.17) is 0 Å². The standard InChI is InChI=1S/C22H25N5O/c1-3-19-15(2)18-10-16(6-7-20(18)26-19)12-24-22(28)21(27-8-4-5-9-27)11-17-13-23-14-25-17/h4-10,13-14,21,26H,3,11-12H2,1-2H3,(H,23,25)(H,24,28)/t21-/m0/s1. The Morgan fingerprint density at radius 3 is 2.82 bits per heavy atom. The summed E-state index contributed by atoms with van der Waals surface area (Å²) >= 11 is 0. The van der Waals surface area contributed by atoms with Crippen molar-refractivity contribution in [3.63, 3.8) is 0 Å². The molecule has 6 heteroatoms.